The average molecular weight is 286 g/mol. The van der Waals surface area contributed by atoms with Gasteiger partial charge in [-0.05, 0) is 32.1 Å². The third kappa shape index (κ3) is 3.60. The van der Waals surface area contributed by atoms with Crippen LogP contribution in [0.15, 0.2) is 18.3 Å². The fourth-order valence-corrected chi connectivity index (χ4v) is 2.70. The van der Waals surface area contributed by atoms with Crippen LogP contribution in [-0.2, 0) is 0 Å². The van der Waals surface area contributed by atoms with E-state index < -0.39 is 0 Å². The van der Waals surface area contributed by atoms with Crippen LogP contribution in [0.1, 0.15) is 23.0 Å². The Balaban J connectivity index is 2.07. The van der Waals surface area contributed by atoms with Crippen LogP contribution in [-0.4, -0.2) is 60.5 Å². The number of carbonyl (C=O) groups is 1. The topological polar surface area (TPSA) is 62.5 Å². The lowest BCUT2D eigenvalue weighted by Gasteiger charge is -2.22. The van der Waals surface area contributed by atoms with Gasteiger partial charge in [-0.2, -0.15) is 0 Å². The first kappa shape index (κ1) is 15.5. The summed E-state index contributed by atoms with van der Waals surface area (Å²) in [5.74, 6) is 6.13. The van der Waals surface area contributed by atoms with Crippen molar-refractivity contribution in [3.8, 4) is 11.8 Å². The Labute approximate surface area is 126 Å². The highest BCUT2D eigenvalue weighted by Crippen LogP contribution is 2.21. The van der Waals surface area contributed by atoms with Gasteiger partial charge in [0, 0.05) is 30.9 Å². The molecule has 0 bridgehead atoms. The predicted molar refractivity (Wildman–Crippen MR) is 82.7 cm³/mol. The summed E-state index contributed by atoms with van der Waals surface area (Å²) in [4.78, 5) is 20.8. The molecule has 0 saturated carbocycles. The number of likely N-dealkylation sites (tertiary alicyclic amines) is 1. The van der Waals surface area contributed by atoms with E-state index in [1.807, 2.05) is 11.0 Å². The maximum Gasteiger partial charge on any atom is 0.272 e. The Morgan fingerprint density at radius 3 is 2.76 bits per heavy atom. The van der Waals surface area contributed by atoms with E-state index in [1.165, 1.54) is 0 Å². The van der Waals surface area contributed by atoms with Crippen molar-refractivity contribution in [1.82, 2.24) is 14.8 Å². The second-order valence-corrected chi connectivity index (χ2v) is 5.66. The molecule has 21 heavy (non-hydrogen) atoms. The molecular formula is C16H22N4O. The van der Waals surface area contributed by atoms with E-state index in [-0.39, 0.29) is 5.91 Å². The molecule has 0 spiro atoms. The molecule has 1 amide bonds. The Hall–Kier alpha value is -1.90. The van der Waals surface area contributed by atoms with Gasteiger partial charge in [0.2, 0.25) is 0 Å². The summed E-state index contributed by atoms with van der Waals surface area (Å²) >= 11 is 0. The first-order chi connectivity index (χ1) is 10.0. The maximum atomic E-state index is 12.5. The minimum atomic E-state index is -0.00969. The lowest BCUT2D eigenvalue weighted by atomic mass is 10.1. The third-order valence-corrected chi connectivity index (χ3v) is 3.84. The molecule has 2 rings (SSSR count). The zero-order chi connectivity index (χ0) is 15.4. The SMILES string of the molecule is CC1CN(C(=O)c2ccc(C#CCN)cn2)CC1N(C)C. The molecule has 5 nitrogen and oxygen atoms in total. The van der Waals surface area contributed by atoms with Gasteiger partial charge in [-0.15, -0.1) is 0 Å². The first-order valence-corrected chi connectivity index (χ1v) is 7.13. The molecule has 2 unspecified atom stereocenters. The number of nitrogens with zero attached hydrogens (tertiary/aromatic N) is 3. The summed E-state index contributed by atoms with van der Waals surface area (Å²) in [5.41, 5.74) is 6.58. The quantitative estimate of drug-likeness (QED) is 0.800. The number of hydrogen-bond acceptors (Lipinski definition) is 4. The first-order valence-electron chi connectivity index (χ1n) is 7.13. The van der Waals surface area contributed by atoms with Crippen molar-refractivity contribution >= 4 is 5.91 Å². The van der Waals surface area contributed by atoms with Gasteiger partial charge in [-0.3, -0.25) is 4.79 Å². The van der Waals surface area contributed by atoms with Crippen LogP contribution < -0.4 is 5.73 Å². The van der Waals surface area contributed by atoms with Crippen molar-refractivity contribution in [3.63, 3.8) is 0 Å². The normalized spacial score (nSPS) is 21.3. The lowest BCUT2D eigenvalue weighted by Crippen LogP contribution is -2.36. The van der Waals surface area contributed by atoms with Crippen LogP contribution in [0.5, 0.6) is 0 Å². The van der Waals surface area contributed by atoms with Crippen LogP contribution in [0.3, 0.4) is 0 Å². The summed E-state index contributed by atoms with van der Waals surface area (Å²) in [6.45, 7) is 4.02. The van der Waals surface area contributed by atoms with Crippen molar-refractivity contribution in [1.29, 1.82) is 0 Å². The number of carbonyl (C=O) groups excluding carboxylic acids is 1. The van der Waals surface area contributed by atoms with Gasteiger partial charge >= 0.3 is 0 Å². The van der Waals surface area contributed by atoms with Crippen LogP contribution in [0.2, 0.25) is 0 Å². The smallest absolute Gasteiger partial charge is 0.272 e. The van der Waals surface area contributed by atoms with E-state index >= 15 is 0 Å². The molecular weight excluding hydrogens is 264 g/mol. The molecule has 0 radical (unpaired) electrons. The molecule has 1 fully saturated rings. The summed E-state index contributed by atoms with van der Waals surface area (Å²) in [6.07, 6.45) is 1.62. The maximum absolute atomic E-state index is 12.5. The van der Waals surface area contributed by atoms with E-state index in [0.29, 0.717) is 24.2 Å². The fourth-order valence-electron chi connectivity index (χ4n) is 2.70. The number of amides is 1. The van der Waals surface area contributed by atoms with E-state index in [0.717, 1.165) is 18.7 Å². The Morgan fingerprint density at radius 2 is 2.24 bits per heavy atom. The van der Waals surface area contributed by atoms with Crippen molar-refractivity contribution in [2.45, 2.75) is 13.0 Å². The third-order valence-electron chi connectivity index (χ3n) is 3.84. The number of pyridine rings is 1. The minimum Gasteiger partial charge on any atom is -0.335 e. The highest BCUT2D eigenvalue weighted by Gasteiger charge is 2.34. The zero-order valence-corrected chi connectivity index (χ0v) is 12.8. The second-order valence-electron chi connectivity index (χ2n) is 5.66. The average Bonchev–Trinajstić information content (AvgIpc) is 2.87. The van der Waals surface area contributed by atoms with Crippen molar-refractivity contribution in [2.75, 3.05) is 33.7 Å². The lowest BCUT2D eigenvalue weighted by molar-refractivity contribution is 0.0775. The van der Waals surface area contributed by atoms with Gasteiger partial charge in [0.15, 0.2) is 0 Å². The minimum absolute atomic E-state index is 0.00969. The standard InChI is InChI=1S/C16H22N4O/c1-12-10-20(11-15(12)19(2)3)16(21)14-7-6-13(9-18-14)5-4-8-17/h6-7,9,12,15H,8,10-11,17H2,1-3H3. The van der Waals surface area contributed by atoms with Gasteiger partial charge in [0.05, 0.1) is 6.54 Å². The van der Waals surface area contributed by atoms with Crippen LogP contribution >= 0.6 is 0 Å². The Kier molecular flexibility index (Phi) is 4.94. The number of nitrogens with two attached hydrogens (primary N) is 1. The molecule has 0 aromatic carbocycles. The fraction of sp³-hybridized carbons (Fsp3) is 0.500. The summed E-state index contributed by atoms with van der Waals surface area (Å²) in [7, 11) is 4.11. The van der Waals surface area contributed by atoms with Gasteiger partial charge in [-0.25, -0.2) is 4.98 Å². The van der Waals surface area contributed by atoms with Crippen molar-refractivity contribution in [2.24, 2.45) is 11.7 Å². The van der Waals surface area contributed by atoms with Crippen molar-refractivity contribution < 1.29 is 4.79 Å². The van der Waals surface area contributed by atoms with E-state index in [2.05, 4.69) is 42.7 Å². The summed E-state index contributed by atoms with van der Waals surface area (Å²) < 4.78 is 0. The number of rotatable bonds is 2. The molecule has 1 saturated heterocycles. The molecule has 2 heterocycles. The molecule has 112 valence electrons. The highest BCUT2D eigenvalue weighted by atomic mass is 16.2. The van der Waals surface area contributed by atoms with Crippen molar-refractivity contribution in [3.05, 3.63) is 29.6 Å². The second kappa shape index (κ2) is 6.70. The van der Waals surface area contributed by atoms with Gasteiger partial charge in [0.25, 0.3) is 5.91 Å². The molecule has 2 N–H and O–H groups in total. The van der Waals surface area contributed by atoms with Crippen LogP contribution in [0, 0.1) is 17.8 Å². The zero-order valence-electron chi connectivity index (χ0n) is 12.8. The summed E-state index contributed by atoms with van der Waals surface area (Å²) in [6, 6.07) is 3.95. The summed E-state index contributed by atoms with van der Waals surface area (Å²) in [5, 5.41) is 0. The number of hydrogen-bond donors (Lipinski definition) is 1. The van der Waals surface area contributed by atoms with E-state index in [1.54, 1.807) is 12.3 Å². The molecule has 1 aromatic heterocycles. The number of likely N-dealkylation sites (N-methyl/N-ethyl adjacent to an activating group) is 1. The molecule has 5 heteroatoms. The number of aromatic nitrogens is 1. The largest absolute Gasteiger partial charge is 0.335 e. The molecule has 0 aliphatic carbocycles. The Morgan fingerprint density at radius 1 is 1.48 bits per heavy atom. The van der Waals surface area contributed by atoms with E-state index in [4.69, 9.17) is 5.73 Å². The van der Waals surface area contributed by atoms with Crippen LogP contribution in [0.25, 0.3) is 0 Å². The molecule has 1 aromatic rings. The van der Waals surface area contributed by atoms with Gasteiger partial charge in [-0.1, -0.05) is 18.8 Å². The molecule has 1 aliphatic rings. The predicted octanol–water partition coefficient (Wildman–Crippen LogP) is 0.414. The van der Waals surface area contributed by atoms with E-state index in [9.17, 15) is 4.79 Å². The monoisotopic (exact) mass is 286 g/mol. The Bertz CT molecular complexity index is 556. The van der Waals surface area contributed by atoms with Gasteiger partial charge in [0.1, 0.15) is 5.69 Å². The molecule has 2 atom stereocenters. The highest BCUT2D eigenvalue weighted by molar-refractivity contribution is 5.92. The van der Waals surface area contributed by atoms with Crippen LogP contribution in [0.4, 0.5) is 0 Å². The molecule has 1 aliphatic heterocycles. The van der Waals surface area contributed by atoms with Gasteiger partial charge < -0.3 is 15.5 Å².